The smallest absolute Gasteiger partial charge is 0.337 e. The normalized spacial score (nSPS) is 12.6. The third-order valence-electron chi connectivity index (χ3n) is 3.93. The molecule has 0 radical (unpaired) electrons. The number of methoxy groups -OCH3 is 1. The number of hydrogen-bond donors (Lipinski definition) is 2. The van der Waals surface area contributed by atoms with E-state index >= 15 is 0 Å². The summed E-state index contributed by atoms with van der Waals surface area (Å²) in [5.41, 5.74) is 0.313. The second-order valence-electron chi connectivity index (χ2n) is 5.72. The van der Waals surface area contributed by atoms with Gasteiger partial charge in [-0.15, -0.1) is 0 Å². The van der Waals surface area contributed by atoms with Gasteiger partial charge in [-0.25, -0.2) is 4.79 Å². The average molecular weight is 380 g/mol. The highest BCUT2D eigenvalue weighted by Crippen LogP contribution is 2.40. The maximum Gasteiger partial charge on any atom is 0.337 e. The number of aromatic carboxylic acids is 1. The van der Waals surface area contributed by atoms with Crippen molar-refractivity contribution in [2.75, 3.05) is 25.6 Å². The van der Waals surface area contributed by atoms with E-state index in [2.05, 4.69) is 5.32 Å². The quantitative estimate of drug-likeness (QED) is 0.605. The number of rotatable bonds is 5. The van der Waals surface area contributed by atoms with Gasteiger partial charge in [-0.3, -0.25) is 4.79 Å². The number of nitrogens with one attached hydrogen (secondary N) is 1. The van der Waals surface area contributed by atoms with Crippen molar-refractivity contribution in [3.05, 3.63) is 53.1 Å². The van der Waals surface area contributed by atoms with Crippen LogP contribution in [-0.4, -0.2) is 37.3 Å². The lowest BCUT2D eigenvalue weighted by Crippen LogP contribution is -2.17. The summed E-state index contributed by atoms with van der Waals surface area (Å²) in [6, 6.07) is 11.0. The van der Waals surface area contributed by atoms with Crippen molar-refractivity contribution < 1.29 is 28.9 Å². The predicted octanol–water partition coefficient (Wildman–Crippen LogP) is 2.71. The van der Waals surface area contributed by atoms with E-state index in [1.165, 1.54) is 25.3 Å². The molecule has 0 aliphatic carbocycles. The Bertz CT molecular complexity index is 989. The van der Waals surface area contributed by atoms with Crippen molar-refractivity contribution in [1.82, 2.24) is 0 Å². The monoisotopic (exact) mass is 380 g/mol. The van der Waals surface area contributed by atoms with E-state index in [9.17, 15) is 20.0 Å². The summed E-state index contributed by atoms with van der Waals surface area (Å²) >= 11 is 0. The molecule has 0 saturated heterocycles. The lowest BCUT2D eigenvalue weighted by atomic mass is 10.1. The minimum absolute atomic E-state index is 0.0749. The second kappa shape index (κ2) is 8.14. The Hall–Kier alpha value is -3.99. The largest absolute Gasteiger partial charge is 0.493 e. The highest BCUT2D eigenvalue weighted by atomic mass is 16.6. The molecule has 0 saturated carbocycles. The number of carbonyl (C=O) groups excluding carboxylic acids is 1. The molecular formula is C20H16N2O6. The molecular weight excluding hydrogens is 364 g/mol. The number of carboxylic acids is 1. The Labute approximate surface area is 160 Å². The van der Waals surface area contributed by atoms with Crippen LogP contribution in [0.15, 0.2) is 42.0 Å². The van der Waals surface area contributed by atoms with Gasteiger partial charge in [0.2, 0.25) is 5.75 Å². The lowest BCUT2D eigenvalue weighted by Gasteiger charge is -2.21. The number of para-hydroxylation sites is 1. The van der Waals surface area contributed by atoms with Gasteiger partial charge in [-0.1, -0.05) is 12.1 Å². The maximum absolute atomic E-state index is 12.5. The number of nitriles is 1. The number of carboxylic acid groups (broad SMARTS) is 1. The summed E-state index contributed by atoms with van der Waals surface area (Å²) in [5, 5.41) is 21.1. The highest BCUT2D eigenvalue weighted by molar-refractivity contribution is 6.11. The lowest BCUT2D eigenvalue weighted by molar-refractivity contribution is -0.112. The molecule has 1 aliphatic heterocycles. The molecule has 2 aromatic carbocycles. The molecule has 28 heavy (non-hydrogen) atoms. The zero-order valence-electron chi connectivity index (χ0n) is 14.9. The molecule has 0 bridgehead atoms. The van der Waals surface area contributed by atoms with Gasteiger partial charge in [0.05, 0.1) is 18.4 Å². The molecule has 2 N–H and O–H groups in total. The third-order valence-corrected chi connectivity index (χ3v) is 3.93. The van der Waals surface area contributed by atoms with Gasteiger partial charge in [0.15, 0.2) is 11.5 Å². The van der Waals surface area contributed by atoms with Gasteiger partial charge < -0.3 is 24.6 Å². The van der Waals surface area contributed by atoms with Crippen molar-refractivity contribution in [2.45, 2.75) is 0 Å². The Morgan fingerprint density at radius 3 is 2.71 bits per heavy atom. The first kappa shape index (κ1) is 18.8. The van der Waals surface area contributed by atoms with E-state index in [1.807, 2.05) is 6.07 Å². The van der Waals surface area contributed by atoms with Gasteiger partial charge in [-0.2, -0.15) is 5.26 Å². The number of ether oxygens (including phenoxy) is 3. The van der Waals surface area contributed by atoms with Crippen LogP contribution in [0.25, 0.3) is 6.08 Å². The van der Waals surface area contributed by atoms with Crippen molar-refractivity contribution in [3.8, 4) is 23.3 Å². The van der Waals surface area contributed by atoms with Crippen LogP contribution in [0.2, 0.25) is 0 Å². The first-order valence-corrected chi connectivity index (χ1v) is 8.26. The van der Waals surface area contributed by atoms with Crippen molar-refractivity contribution in [2.24, 2.45) is 0 Å². The van der Waals surface area contributed by atoms with E-state index in [0.717, 1.165) is 0 Å². The Morgan fingerprint density at radius 2 is 2.00 bits per heavy atom. The third kappa shape index (κ3) is 3.88. The van der Waals surface area contributed by atoms with Crippen LogP contribution in [0.1, 0.15) is 15.9 Å². The van der Waals surface area contributed by atoms with Crippen molar-refractivity contribution in [1.29, 1.82) is 5.26 Å². The minimum atomic E-state index is -1.19. The first-order valence-electron chi connectivity index (χ1n) is 8.26. The molecule has 1 amide bonds. The molecule has 0 unspecified atom stereocenters. The van der Waals surface area contributed by atoms with Crippen LogP contribution in [0.3, 0.4) is 0 Å². The SMILES string of the molecule is COc1cc(/C=C(\C#N)C(=O)Nc2ccccc2C(=O)O)cc2c1OCCO2. The van der Waals surface area contributed by atoms with Gasteiger partial charge in [0, 0.05) is 0 Å². The summed E-state index contributed by atoms with van der Waals surface area (Å²) in [4.78, 5) is 23.8. The molecule has 8 nitrogen and oxygen atoms in total. The standard InChI is InChI=1S/C20H16N2O6/c1-26-16-9-12(10-17-18(16)28-7-6-27-17)8-13(11-21)19(23)22-15-5-3-2-4-14(15)20(24)25/h2-5,8-10H,6-7H2,1H3,(H,22,23)(H,24,25)/b13-8+. The van der Waals surface area contributed by atoms with E-state index < -0.39 is 11.9 Å². The predicted molar refractivity (Wildman–Crippen MR) is 99.6 cm³/mol. The van der Waals surface area contributed by atoms with Crippen LogP contribution in [0.4, 0.5) is 5.69 Å². The molecule has 0 spiro atoms. The topological polar surface area (TPSA) is 118 Å². The molecule has 0 atom stereocenters. The van der Waals surface area contributed by atoms with Gasteiger partial charge in [0.1, 0.15) is 24.9 Å². The Balaban J connectivity index is 1.91. The minimum Gasteiger partial charge on any atom is -0.493 e. The fraction of sp³-hybridized carbons (Fsp3) is 0.150. The van der Waals surface area contributed by atoms with Crippen molar-refractivity contribution in [3.63, 3.8) is 0 Å². The number of benzene rings is 2. The fourth-order valence-electron chi connectivity index (χ4n) is 2.66. The fourth-order valence-corrected chi connectivity index (χ4v) is 2.66. The zero-order valence-corrected chi connectivity index (χ0v) is 14.9. The first-order chi connectivity index (χ1) is 13.5. The van der Waals surface area contributed by atoms with E-state index in [0.29, 0.717) is 36.0 Å². The number of carbonyl (C=O) groups is 2. The van der Waals surface area contributed by atoms with Gasteiger partial charge >= 0.3 is 5.97 Å². The molecule has 0 aromatic heterocycles. The number of fused-ring (bicyclic) bond motifs is 1. The van der Waals surface area contributed by atoms with E-state index in [4.69, 9.17) is 14.2 Å². The maximum atomic E-state index is 12.5. The van der Waals surface area contributed by atoms with Gasteiger partial charge in [0.25, 0.3) is 5.91 Å². The average Bonchev–Trinajstić information content (AvgIpc) is 2.71. The summed E-state index contributed by atoms with van der Waals surface area (Å²) in [6.45, 7) is 0.772. The highest BCUT2D eigenvalue weighted by Gasteiger charge is 2.19. The molecule has 8 heteroatoms. The number of amides is 1. The Kier molecular flexibility index (Phi) is 5.46. The Morgan fingerprint density at radius 1 is 1.25 bits per heavy atom. The second-order valence-corrected chi connectivity index (χ2v) is 5.72. The summed E-state index contributed by atoms with van der Waals surface area (Å²) in [5.74, 6) is -0.590. The molecule has 1 heterocycles. The molecule has 2 aromatic rings. The number of nitrogens with zero attached hydrogens (tertiary/aromatic N) is 1. The van der Waals surface area contributed by atoms with Crippen LogP contribution >= 0.6 is 0 Å². The number of anilines is 1. The molecule has 0 fully saturated rings. The molecule has 1 aliphatic rings. The van der Waals surface area contributed by atoms with Gasteiger partial charge in [-0.05, 0) is 35.9 Å². The summed E-state index contributed by atoms with van der Waals surface area (Å²) in [7, 11) is 1.47. The van der Waals surface area contributed by atoms with E-state index in [1.54, 1.807) is 24.3 Å². The molecule has 142 valence electrons. The van der Waals surface area contributed by atoms with Crippen LogP contribution in [0.5, 0.6) is 17.2 Å². The van der Waals surface area contributed by atoms with Crippen LogP contribution in [0, 0.1) is 11.3 Å². The van der Waals surface area contributed by atoms with Crippen molar-refractivity contribution >= 4 is 23.6 Å². The van der Waals surface area contributed by atoms with Crippen LogP contribution < -0.4 is 19.5 Å². The summed E-state index contributed by atoms with van der Waals surface area (Å²) < 4.78 is 16.3. The molecule has 3 rings (SSSR count). The van der Waals surface area contributed by atoms with E-state index in [-0.39, 0.29) is 16.8 Å². The van der Waals surface area contributed by atoms with Crippen LogP contribution in [-0.2, 0) is 4.79 Å². The number of hydrogen-bond acceptors (Lipinski definition) is 6. The summed E-state index contributed by atoms with van der Waals surface area (Å²) in [6.07, 6.45) is 1.36. The zero-order chi connectivity index (χ0) is 20.1.